The Balaban J connectivity index is 0. The minimum atomic E-state index is -0.454. The third kappa shape index (κ3) is 8.02. The largest absolute Gasteiger partial charge is 0.392 e. The predicted octanol–water partition coefficient (Wildman–Crippen LogP) is 1.65. The van der Waals surface area contributed by atoms with E-state index in [0.29, 0.717) is 13.0 Å². The highest BCUT2D eigenvalue weighted by Gasteiger charge is 2.30. The van der Waals surface area contributed by atoms with E-state index in [2.05, 4.69) is 5.32 Å². The van der Waals surface area contributed by atoms with Gasteiger partial charge < -0.3 is 16.2 Å². The van der Waals surface area contributed by atoms with Crippen molar-refractivity contribution in [3.8, 4) is 0 Å². The van der Waals surface area contributed by atoms with Gasteiger partial charge in [-0.1, -0.05) is 27.7 Å². The highest BCUT2D eigenvalue weighted by atomic mass is 35.5. The maximum absolute atomic E-state index is 11.8. The fourth-order valence-electron chi connectivity index (χ4n) is 1.83. The van der Waals surface area contributed by atoms with Crippen molar-refractivity contribution in [3.63, 3.8) is 0 Å². The standard InChI is InChI=1S/C13H28N2O2S.ClH/c1-9(2)11(16)13(3,4)8-15-12(17)10(14)6-7-18-5;/h9-11,16H,6-8,14H2,1-5H3,(H,15,17);1H. The molecule has 0 radical (unpaired) electrons. The van der Waals surface area contributed by atoms with Gasteiger partial charge in [-0.3, -0.25) is 4.79 Å². The molecule has 4 nitrogen and oxygen atoms in total. The zero-order valence-electron chi connectivity index (χ0n) is 12.6. The summed E-state index contributed by atoms with van der Waals surface area (Å²) in [6.45, 7) is 8.28. The molecular weight excluding hydrogens is 284 g/mol. The Morgan fingerprint density at radius 3 is 2.37 bits per heavy atom. The molecule has 2 unspecified atom stereocenters. The van der Waals surface area contributed by atoms with Crippen LogP contribution in [-0.2, 0) is 4.79 Å². The zero-order valence-corrected chi connectivity index (χ0v) is 14.2. The molecule has 0 aromatic rings. The van der Waals surface area contributed by atoms with Gasteiger partial charge >= 0.3 is 0 Å². The van der Waals surface area contributed by atoms with E-state index in [-0.39, 0.29) is 29.6 Å². The van der Waals surface area contributed by atoms with Crippen LogP contribution in [0.3, 0.4) is 0 Å². The third-order valence-corrected chi connectivity index (χ3v) is 3.76. The lowest BCUT2D eigenvalue weighted by Gasteiger charge is -2.33. The first-order valence-corrected chi connectivity index (χ1v) is 7.82. The van der Waals surface area contributed by atoms with Crippen molar-refractivity contribution in [3.05, 3.63) is 0 Å². The number of amides is 1. The Bertz CT molecular complexity index is 263. The molecule has 0 saturated heterocycles. The van der Waals surface area contributed by atoms with Gasteiger partial charge in [-0.15, -0.1) is 12.4 Å². The summed E-state index contributed by atoms with van der Waals surface area (Å²) in [7, 11) is 0. The molecule has 0 aromatic carbocycles. The first kappa shape index (κ1) is 21.3. The summed E-state index contributed by atoms with van der Waals surface area (Å²) >= 11 is 1.68. The molecule has 116 valence electrons. The lowest BCUT2D eigenvalue weighted by molar-refractivity contribution is -0.123. The SMILES string of the molecule is CSCCC(N)C(=O)NCC(C)(C)C(O)C(C)C.Cl. The van der Waals surface area contributed by atoms with E-state index in [1.807, 2.05) is 34.0 Å². The Labute approximate surface area is 127 Å². The first-order valence-electron chi connectivity index (χ1n) is 6.42. The first-order chi connectivity index (χ1) is 8.22. The monoisotopic (exact) mass is 312 g/mol. The lowest BCUT2D eigenvalue weighted by Crippen LogP contribution is -2.48. The lowest BCUT2D eigenvalue weighted by atomic mass is 9.80. The van der Waals surface area contributed by atoms with Crippen LogP contribution in [0.25, 0.3) is 0 Å². The fourth-order valence-corrected chi connectivity index (χ4v) is 2.32. The normalized spacial score (nSPS) is 14.7. The molecule has 1 amide bonds. The summed E-state index contributed by atoms with van der Waals surface area (Å²) in [4.78, 5) is 11.8. The molecule has 0 saturated carbocycles. The van der Waals surface area contributed by atoms with Gasteiger partial charge in [0, 0.05) is 12.0 Å². The molecule has 0 aromatic heterocycles. The summed E-state index contributed by atoms with van der Waals surface area (Å²) in [5, 5.41) is 12.9. The minimum absolute atomic E-state index is 0. The van der Waals surface area contributed by atoms with Gasteiger partial charge in [0.05, 0.1) is 12.1 Å². The Kier molecular flexibility index (Phi) is 11.1. The molecular formula is C13H29ClN2O2S. The van der Waals surface area contributed by atoms with Gasteiger partial charge in [0.15, 0.2) is 0 Å². The molecule has 0 aliphatic carbocycles. The minimum Gasteiger partial charge on any atom is -0.392 e. The predicted molar refractivity (Wildman–Crippen MR) is 85.9 cm³/mol. The number of nitrogens with one attached hydrogen (secondary N) is 1. The van der Waals surface area contributed by atoms with Crippen molar-refractivity contribution in [1.82, 2.24) is 5.32 Å². The number of hydrogen-bond donors (Lipinski definition) is 3. The molecule has 4 N–H and O–H groups in total. The molecule has 0 spiro atoms. The molecule has 0 aliphatic rings. The van der Waals surface area contributed by atoms with E-state index in [0.717, 1.165) is 5.75 Å². The number of carbonyl (C=O) groups excluding carboxylic acids is 1. The average molecular weight is 313 g/mol. The van der Waals surface area contributed by atoms with Crippen molar-refractivity contribution in [2.24, 2.45) is 17.1 Å². The van der Waals surface area contributed by atoms with Gasteiger partial charge in [-0.25, -0.2) is 0 Å². The Morgan fingerprint density at radius 2 is 1.95 bits per heavy atom. The van der Waals surface area contributed by atoms with Gasteiger partial charge in [0.25, 0.3) is 0 Å². The van der Waals surface area contributed by atoms with Crippen LogP contribution in [0.4, 0.5) is 0 Å². The van der Waals surface area contributed by atoms with Crippen molar-refractivity contribution < 1.29 is 9.90 Å². The summed E-state index contributed by atoms with van der Waals surface area (Å²) in [6, 6.07) is -0.454. The van der Waals surface area contributed by atoms with Crippen LogP contribution >= 0.6 is 24.2 Å². The Morgan fingerprint density at radius 1 is 1.42 bits per heavy atom. The van der Waals surface area contributed by atoms with Crippen molar-refractivity contribution in [2.75, 3.05) is 18.6 Å². The maximum atomic E-state index is 11.8. The quantitative estimate of drug-likeness (QED) is 0.637. The van der Waals surface area contributed by atoms with Gasteiger partial charge in [0.1, 0.15) is 0 Å². The number of hydrogen-bond acceptors (Lipinski definition) is 4. The molecule has 0 rings (SSSR count). The molecule has 0 fully saturated rings. The smallest absolute Gasteiger partial charge is 0.236 e. The molecule has 0 aliphatic heterocycles. The van der Waals surface area contributed by atoms with E-state index >= 15 is 0 Å². The van der Waals surface area contributed by atoms with E-state index in [1.54, 1.807) is 11.8 Å². The Hall–Kier alpha value is 0.0300. The topological polar surface area (TPSA) is 75.4 Å². The second-order valence-corrected chi connectivity index (χ2v) is 6.77. The van der Waals surface area contributed by atoms with E-state index < -0.39 is 12.1 Å². The molecule has 6 heteroatoms. The average Bonchev–Trinajstić information content (AvgIpc) is 2.31. The second-order valence-electron chi connectivity index (χ2n) is 5.78. The zero-order chi connectivity index (χ0) is 14.3. The molecule has 0 heterocycles. The van der Waals surface area contributed by atoms with Crippen LogP contribution in [0.2, 0.25) is 0 Å². The highest BCUT2D eigenvalue weighted by molar-refractivity contribution is 7.98. The number of aliphatic hydroxyl groups excluding tert-OH is 1. The van der Waals surface area contributed by atoms with Crippen molar-refractivity contribution in [1.29, 1.82) is 0 Å². The van der Waals surface area contributed by atoms with Crippen LogP contribution in [0, 0.1) is 11.3 Å². The van der Waals surface area contributed by atoms with Crippen molar-refractivity contribution in [2.45, 2.75) is 46.3 Å². The number of nitrogens with two attached hydrogens (primary N) is 1. The summed E-state index contributed by atoms with van der Waals surface area (Å²) in [5.74, 6) is 0.919. The van der Waals surface area contributed by atoms with Crippen LogP contribution < -0.4 is 11.1 Å². The van der Waals surface area contributed by atoms with Gasteiger partial charge in [-0.05, 0) is 24.3 Å². The molecule has 0 bridgehead atoms. The number of aliphatic hydroxyl groups is 1. The highest BCUT2D eigenvalue weighted by Crippen LogP contribution is 2.25. The van der Waals surface area contributed by atoms with Crippen LogP contribution in [0.5, 0.6) is 0 Å². The summed E-state index contributed by atoms with van der Waals surface area (Å²) in [5.41, 5.74) is 5.44. The summed E-state index contributed by atoms with van der Waals surface area (Å²) in [6.07, 6.45) is 2.23. The van der Waals surface area contributed by atoms with Crippen molar-refractivity contribution >= 4 is 30.1 Å². The number of halogens is 1. The summed E-state index contributed by atoms with van der Waals surface area (Å²) < 4.78 is 0. The van der Waals surface area contributed by atoms with Crippen LogP contribution in [-0.4, -0.2) is 41.7 Å². The van der Waals surface area contributed by atoms with Crippen LogP contribution in [0.15, 0.2) is 0 Å². The molecule has 19 heavy (non-hydrogen) atoms. The maximum Gasteiger partial charge on any atom is 0.236 e. The molecule has 2 atom stereocenters. The number of thioether (sulfide) groups is 1. The van der Waals surface area contributed by atoms with E-state index in [9.17, 15) is 9.90 Å². The third-order valence-electron chi connectivity index (χ3n) is 3.12. The van der Waals surface area contributed by atoms with E-state index in [4.69, 9.17) is 5.73 Å². The van der Waals surface area contributed by atoms with Crippen LogP contribution in [0.1, 0.15) is 34.1 Å². The fraction of sp³-hybridized carbons (Fsp3) is 0.923. The van der Waals surface area contributed by atoms with Gasteiger partial charge in [-0.2, -0.15) is 11.8 Å². The second kappa shape index (κ2) is 9.86. The number of rotatable bonds is 8. The number of carbonyl (C=O) groups is 1. The van der Waals surface area contributed by atoms with Gasteiger partial charge in [0.2, 0.25) is 5.91 Å². The van der Waals surface area contributed by atoms with E-state index in [1.165, 1.54) is 0 Å².